The van der Waals surface area contributed by atoms with E-state index in [0.29, 0.717) is 37.1 Å². The Morgan fingerprint density at radius 3 is 1.66 bits per heavy atom. The summed E-state index contributed by atoms with van der Waals surface area (Å²) in [7, 11) is 0. The Bertz CT molecular complexity index is 1770. The number of rotatable bonds is 27. The van der Waals surface area contributed by atoms with Crippen LogP contribution in [0.3, 0.4) is 0 Å². The third-order valence-corrected chi connectivity index (χ3v) is 10.6. The molecule has 0 aliphatic carbocycles. The number of fused-ring (bicyclic) bond motifs is 3. The highest BCUT2D eigenvalue weighted by Crippen LogP contribution is 2.40. The van der Waals surface area contributed by atoms with Gasteiger partial charge in [-0.25, -0.2) is 0 Å². The fourth-order valence-corrected chi connectivity index (χ4v) is 7.30. The van der Waals surface area contributed by atoms with Crippen LogP contribution in [-0.2, 0) is 23.8 Å². The largest absolute Gasteiger partial charge is 0.463 e. The number of ether oxygens (including phenoxy) is 4. The van der Waals surface area contributed by atoms with Gasteiger partial charge in [0.25, 0.3) is 11.8 Å². The predicted octanol–water partition coefficient (Wildman–Crippen LogP) is 7.36. The van der Waals surface area contributed by atoms with E-state index >= 15 is 0 Å². The highest BCUT2D eigenvalue weighted by atomic mass is 16.7. The Balaban J connectivity index is 0.908. The standard InChI is InChI=1S/C45H61N5O8/c46-37-29-32-50-44-41(58-45(50)49-37)40(57-39(52)28-20-10-6-2-4-8-12-22-31-48-43(54)35-25-17-14-18-26-35)36(56-44)33-55-38(51)27-19-9-5-1-3-7-11-21-30-47-42(53)34-23-15-13-16-24-34/h13-18,23-26,29,32,36,40-41,44,46H,1-12,19-22,27-28,30-31,33H2,(H,47,53)(H,48,54)/t36-,40-,41-,44-/m1/s1. The van der Waals surface area contributed by atoms with Gasteiger partial charge in [-0.1, -0.05) is 113 Å². The van der Waals surface area contributed by atoms with Crippen molar-refractivity contribution < 1.29 is 38.1 Å². The van der Waals surface area contributed by atoms with Crippen molar-refractivity contribution in [2.75, 3.05) is 19.7 Å². The fraction of sp³-hybridized carbons (Fsp3) is 0.556. The SMILES string of the molecule is N=c1ccn2c(n1)O[C@@H]1[C@H](OC(=O)CCCCCCCCCCNC(=O)c3ccccc3)[C@@H](COC(=O)CCCCCCCCCCNC(=O)c3ccccc3)O[C@H]12. The van der Waals surface area contributed by atoms with E-state index < -0.39 is 24.5 Å². The number of aromatic nitrogens is 2. The molecule has 0 bridgehead atoms. The lowest BCUT2D eigenvalue weighted by Gasteiger charge is -2.22. The van der Waals surface area contributed by atoms with Gasteiger partial charge in [0, 0.05) is 43.3 Å². The Morgan fingerprint density at radius 2 is 1.12 bits per heavy atom. The molecule has 1 fully saturated rings. The first-order chi connectivity index (χ1) is 28.4. The molecule has 2 aromatic carbocycles. The molecule has 3 heterocycles. The molecule has 13 nitrogen and oxygen atoms in total. The summed E-state index contributed by atoms with van der Waals surface area (Å²) in [4.78, 5) is 54.1. The molecule has 58 heavy (non-hydrogen) atoms. The average Bonchev–Trinajstić information content (AvgIpc) is 3.76. The van der Waals surface area contributed by atoms with Crippen molar-refractivity contribution in [3.8, 4) is 6.01 Å². The molecule has 0 unspecified atom stereocenters. The minimum Gasteiger partial charge on any atom is -0.463 e. The second-order valence-electron chi connectivity index (χ2n) is 15.2. The number of amides is 2. The van der Waals surface area contributed by atoms with Crippen LogP contribution < -0.4 is 20.9 Å². The number of nitrogens with zero attached hydrogens (tertiary/aromatic N) is 2. The molecule has 4 atom stereocenters. The molecule has 1 aromatic heterocycles. The molecule has 5 rings (SSSR count). The highest BCUT2D eigenvalue weighted by Gasteiger charge is 2.54. The van der Waals surface area contributed by atoms with E-state index in [1.54, 1.807) is 10.8 Å². The van der Waals surface area contributed by atoms with E-state index in [0.717, 1.165) is 96.3 Å². The smallest absolute Gasteiger partial charge is 0.306 e. The zero-order valence-corrected chi connectivity index (χ0v) is 33.7. The van der Waals surface area contributed by atoms with Crippen molar-refractivity contribution in [1.29, 1.82) is 5.41 Å². The van der Waals surface area contributed by atoms with Crippen LogP contribution in [0.2, 0.25) is 0 Å². The topological polar surface area (TPSA) is 171 Å². The molecule has 0 saturated carbocycles. The van der Waals surface area contributed by atoms with Gasteiger partial charge >= 0.3 is 17.9 Å². The molecule has 2 aliphatic rings. The summed E-state index contributed by atoms with van der Waals surface area (Å²) in [6.07, 6.45) is 15.6. The summed E-state index contributed by atoms with van der Waals surface area (Å²) in [5, 5.41) is 13.8. The van der Waals surface area contributed by atoms with Crippen molar-refractivity contribution in [2.45, 2.75) is 140 Å². The van der Waals surface area contributed by atoms with E-state index in [1.807, 2.05) is 60.7 Å². The summed E-state index contributed by atoms with van der Waals surface area (Å²) in [5.74, 6) is -0.725. The van der Waals surface area contributed by atoms with Gasteiger partial charge in [-0.15, -0.1) is 0 Å². The number of hydrogen-bond acceptors (Lipinski definition) is 10. The summed E-state index contributed by atoms with van der Waals surface area (Å²) in [6, 6.07) is 20.3. The third kappa shape index (κ3) is 14.7. The van der Waals surface area contributed by atoms with Crippen molar-refractivity contribution >= 4 is 23.8 Å². The lowest BCUT2D eigenvalue weighted by atomic mass is 10.1. The summed E-state index contributed by atoms with van der Waals surface area (Å²) < 4.78 is 25.5. The monoisotopic (exact) mass is 799 g/mol. The third-order valence-electron chi connectivity index (χ3n) is 10.6. The lowest BCUT2D eigenvalue weighted by molar-refractivity contribution is -0.160. The van der Waals surface area contributed by atoms with Crippen LogP contribution in [0.15, 0.2) is 72.9 Å². The lowest BCUT2D eigenvalue weighted by Crippen LogP contribution is -2.40. The van der Waals surface area contributed by atoms with E-state index in [2.05, 4.69) is 15.6 Å². The molecule has 314 valence electrons. The van der Waals surface area contributed by atoms with Crippen LogP contribution >= 0.6 is 0 Å². The highest BCUT2D eigenvalue weighted by molar-refractivity contribution is 5.94. The zero-order valence-electron chi connectivity index (χ0n) is 33.7. The number of unbranched alkanes of at least 4 members (excludes halogenated alkanes) is 14. The van der Waals surface area contributed by atoms with Gasteiger partial charge in [-0.05, 0) is 56.0 Å². The summed E-state index contributed by atoms with van der Waals surface area (Å²) >= 11 is 0. The number of esters is 2. The number of carbonyl (C=O) groups excluding carboxylic acids is 4. The van der Waals surface area contributed by atoms with Gasteiger partial charge < -0.3 is 29.6 Å². The first kappa shape index (κ1) is 44.1. The quantitative estimate of drug-likeness (QED) is 0.0527. The van der Waals surface area contributed by atoms with E-state index in [1.165, 1.54) is 6.07 Å². The van der Waals surface area contributed by atoms with Gasteiger partial charge in [0.05, 0.1) is 0 Å². The maximum absolute atomic E-state index is 13.0. The molecule has 0 radical (unpaired) electrons. The Labute approximate surface area is 342 Å². The molecular weight excluding hydrogens is 739 g/mol. The maximum Gasteiger partial charge on any atom is 0.306 e. The molecule has 0 spiro atoms. The Hall–Kier alpha value is -5.04. The van der Waals surface area contributed by atoms with Crippen LogP contribution in [-0.4, -0.2) is 71.3 Å². The Morgan fingerprint density at radius 1 is 0.638 bits per heavy atom. The number of nitrogens with one attached hydrogen (secondary N) is 3. The van der Waals surface area contributed by atoms with E-state index in [4.69, 9.17) is 24.4 Å². The molecule has 2 amide bonds. The van der Waals surface area contributed by atoms with Crippen LogP contribution in [0.5, 0.6) is 6.01 Å². The van der Waals surface area contributed by atoms with Gasteiger partial charge in [0.1, 0.15) is 12.7 Å². The van der Waals surface area contributed by atoms with Crippen molar-refractivity contribution in [1.82, 2.24) is 20.2 Å². The van der Waals surface area contributed by atoms with E-state index in [-0.39, 0.29) is 48.3 Å². The summed E-state index contributed by atoms with van der Waals surface area (Å²) in [6.45, 7) is 1.30. The van der Waals surface area contributed by atoms with Gasteiger partial charge in [-0.3, -0.25) is 29.2 Å². The second kappa shape index (κ2) is 24.7. The average molecular weight is 800 g/mol. The van der Waals surface area contributed by atoms with Crippen molar-refractivity contribution in [3.63, 3.8) is 0 Å². The van der Waals surface area contributed by atoms with Crippen molar-refractivity contribution in [3.05, 3.63) is 89.5 Å². The van der Waals surface area contributed by atoms with Crippen LogP contribution in [0.1, 0.15) is 143 Å². The van der Waals surface area contributed by atoms with Crippen LogP contribution in [0, 0.1) is 5.41 Å². The molecule has 3 aromatic rings. The fourth-order valence-electron chi connectivity index (χ4n) is 7.30. The Kier molecular flexibility index (Phi) is 18.7. The zero-order chi connectivity index (χ0) is 40.8. The van der Waals surface area contributed by atoms with E-state index in [9.17, 15) is 19.2 Å². The predicted molar refractivity (Wildman–Crippen MR) is 218 cm³/mol. The molecular formula is C45H61N5O8. The van der Waals surface area contributed by atoms with Crippen LogP contribution in [0.4, 0.5) is 0 Å². The maximum atomic E-state index is 13.0. The normalized spacial score (nSPS) is 17.8. The second-order valence-corrected chi connectivity index (χ2v) is 15.2. The minimum absolute atomic E-state index is 0.0298. The molecule has 3 N–H and O–H groups in total. The van der Waals surface area contributed by atoms with Gasteiger partial charge in [-0.2, -0.15) is 4.98 Å². The number of carbonyl (C=O) groups is 4. The van der Waals surface area contributed by atoms with Crippen molar-refractivity contribution in [2.24, 2.45) is 0 Å². The number of benzene rings is 2. The molecule has 13 heteroatoms. The summed E-state index contributed by atoms with van der Waals surface area (Å²) in [5.41, 5.74) is 1.42. The minimum atomic E-state index is -0.793. The van der Waals surface area contributed by atoms with Crippen LogP contribution in [0.25, 0.3) is 0 Å². The van der Waals surface area contributed by atoms with Gasteiger partial charge in [0.2, 0.25) is 0 Å². The number of hydrogen-bond donors (Lipinski definition) is 3. The first-order valence-electron chi connectivity index (χ1n) is 21.4. The molecule has 2 aliphatic heterocycles. The van der Waals surface area contributed by atoms with Gasteiger partial charge in [0.15, 0.2) is 23.9 Å². The first-order valence-corrected chi connectivity index (χ1v) is 21.4. The molecule has 1 saturated heterocycles.